The molecule has 0 saturated carbocycles. The van der Waals surface area contributed by atoms with E-state index in [0.717, 1.165) is 12.8 Å². The predicted molar refractivity (Wildman–Crippen MR) is 52.5 cm³/mol. The van der Waals surface area contributed by atoms with Crippen LogP contribution in [0.4, 0.5) is 0 Å². The van der Waals surface area contributed by atoms with Gasteiger partial charge >= 0.3 is 5.97 Å². The van der Waals surface area contributed by atoms with E-state index in [9.17, 15) is 4.79 Å². The highest BCUT2D eigenvalue weighted by atomic mass is 16.4. The number of hydrogen-bond acceptors (Lipinski definition) is 1. The summed E-state index contributed by atoms with van der Waals surface area (Å²) in [7, 11) is 0. The molecule has 1 aliphatic rings. The number of allylic oxidation sites excluding steroid dienone is 3. The Morgan fingerprint density at radius 3 is 2.54 bits per heavy atom. The van der Waals surface area contributed by atoms with Crippen LogP contribution in [0.5, 0.6) is 0 Å². The molecule has 72 valence electrons. The average molecular weight is 180 g/mol. The van der Waals surface area contributed by atoms with E-state index >= 15 is 0 Å². The first-order valence-electron chi connectivity index (χ1n) is 4.55. The molecule has 0 aromatic rings. The molecule has 2 nitrogen and oxygen atoms in total. The first-order valence-corrected chi connectivity index (χ1v) is 4.55. The zero-order valence-corrected chi connectivity index (χ0v) is 8.42. The molecular formula is C11H16O2. The molecule has 1 unspecified atom stereocenters. The van der Waals surface area contributed by atoms with Crippen LogP contribution in [0, 0.1) is 5.41 Å². The molecule has 0 bridgehead atoms. The summed E-state index contributed by atoms with van der Waals surface area (Å²) in [5, 5.41) is 8.54. The van der Waals surface area contributed by atoms with Gasteiger partial charge in [-0.2, -0.15) is 0 Å². The number of carbonyl (C=O) groups is 1. The third-order valence-corrected chi connectivity index (χ3v) is 3.11. The molecule has 1 rings (SSSR count). The Bertz CT molecular complexity index is 286. The molecule has 1 atom stereocenters. The molecule has 0 aromatic heterocycles. The van der Waals surface area contributed by atoms with Crippen molar-refractivity contribution in [2.24, 2.45) is 5.41 Å². The molecule has 0 aliphatic heterocycles. The summed E-state index contributed by atoms with van der Waals surface area (Å²) in [5.41, 5.74) is 2.70. The van der Waals surface area contributed by atoms with Crippen molar-refractivity contribution in [2.75, 3.05) is 0 Å². The van der Waals surface area contributed by atoms with Gasteiger partial charge in [-0.05, 0) is 26.7 Å². The smallest absolute Gasteiger partial charge is 0.328 e. The Hall–Kier alpha value is -1.05. The number of carboxylic acids is 1. The molecule has 0 aromatic carbocycles. The molecule has 0 heterocycles. The second-order valence-corrected chi connectivity index (χ2v) is 3.99. The predicted octanol–water partition coefficient (Wildman–Crippen LogP) is 2.76. The lowest BCUT2D eigenvalue weighted by molar-refractivity contribution is -0.131. The monoisotopic (exact) mass is 180 g/mol. The van der Waals surface area contributed by atoms with E-state index in [-0.39, 0.29) is 5.41 Å². The van der Waals surface area contributed by atoms with Gasteiger partial charge in [0, 0.05) is 11.5 Å². The number of carboxylic acid groups (broad SMARTS) is 1. The quantitative estimate of drug-likeness (QED) is 0.524. The van der Waals surface area contributed by atoms with Gasteiger partial charge in [0.25, 0.3) is 0 Å². The van der Waals surface area contributed by atoms with Crippen molar-refractivity contribution in [3.05, 3.63) is 23.3 Å². The lowest BCUT2D eigenvalue weighted by Gasteiger charge is -2.21. The molecule has 2 heteroatoms. The van der Waals surface area contributed by atoms with E-state index in [1.54, 1.807) is 6.08 Å². The van der Waals surface area contributed by atoms with Crippen molar-refractivity contribution in [1.82, 2.24) is 0 Å². The van der Waals surface area contributed by atoms with Gasteiger partial charge < -0.3 is 5.11 Å². The molecular weight excluding hydrogens is 164 g/mol. The van der Waals surface area contributed by atoms with Crippen LogP contribution in [-0.4, -0.2) is 11.1 Å². The fourth-order valence-electron chi connectivity index (χ4n) is 1.77. The number of aliphatic carboxylic acids is 1. The van der Waals surface area contributed by atoms with Gasteiger partial charge in [-0.25, -0.2) is 4.79 Å². The minimum atomic E-state index is -0.862. The molecule has 0 radical (unpaired) electrons. The Morgan fingerprint density at radius 2 is 2.15 bits per heavy atom. The second-order valence-electron chi connectivity index (χ2n) is 3.99. The van der Waals surface area contributed by atoms with E-state index in [1.165, 1.54) is 17.2 Å². The van der Waals surface area contributed by atoms with Crippen LogP contribution in [0.2, 0.25) is 0 Å². The molecule has 13 heavy (non-hydrogen) atoms. The molecule has 1 N–H and O–H groups in total. The van der Waals surface area contributed by atoms with Crippen molar-refractivity contribution in [3.63, 3.8) is 0 Å². The van der Waals surface area contributed by atoms with Gasteiger partial charge in [0.15, 0.2) is 0 Å². The van der Waals surface area contributed by atoms with Gasteiger partial charge in [0.05, 0.1) is 0 Å². The molecule has 0 amide bonds. The standard InChI is InChI=1S/C11H16O2/c1-8-4-6-11(3,9(8)2)7-5-10(12)13/h5,7H,4,6H2,1-3H3,(H,12,13). The maximum absolute atomic E-state index is 10.4. The van der Waals surface area contributed by atoms with Crippen molar-refractivity contribution < 1.29 is 9.90 Å². The maximum Gasteiger partial charge on any atom is 0.328 e. The number of hydrogen-bond donors (Lipinski definition) is 1. The third kappa shape index (κ3) is 2.00. The first-order chi connectivity index (χ1) is 5.96. The summed E-state index contributed by atoms with van der Waals surface area (Å²) >= 11 is 0. The van der Waals surface area contributed by atoms with Crippen LogP contribution in [0.1, 0.15) is 33.6 Å². The van der Waals surface area contributed by atoms with E-state index in [0.29, 0.717) is 0 Å². The highest BCUT2D eigenvalue weighted by Crippen LogP contribution is 2.43. The summed E-state index contributed by atoms with van der Waals surface area (Å²) in [4.78, 5) is 10.4. The molecule has 1 aliphatic carbocycles. The van der Waals surface area contributed by atoms with E-state index in [1.807, 2.05) is 0 Å². The Kier molecular flexibility index (Phi) is 2.60. The zero-order chi connectivity index (χ0) is 10.1. The van der Waals surface area contributed by atoms with Gasteiger partial charge in [0.2, 0.25) is 0 Å². The summed E-state index contributed by atoms with van der Waals surface area (Å²) in [5.74, 6) is -0.862. The van der Waals surface area contributed by atoms with Crippen LogP contribution in [0.25, 0.3) is 0 Å². The fourth-order valence-corrected chi connectivity index (χ4v) is 1.77. The zero-order valence-electron chi connectivity index (χ0n) is 8.42. The van der Waals surface area contributed by atoms with Crippen LogP contribution in [0.3, 0.4) is 0 Å². The average Bonchev–Trinajstić information content (AvgIpc) is 2.31. The minimum Gasteiger partial charge on any atom is -0.478 e. The van der Waals surface area contributed by atoms with Crippen molar-refractivity contribution in [1.29, 1.82) is 0 Å². The summed E-state index contributed by atoms with van der Waals surface area (Å²) in [6, 6.07) is 0. The number of rotatable bonds is 2. The molecule has 0 spiro atoms. The molecule has 0 fully saturated rings. The second kappa shape index (κ2) is 3.36. The van der Waals surface area contributed by atoms with Crippen LogP contribution in [0.15, 0.2) is 23.3 Å². The highest BCUT2D eigenvalue weighted by molar-refractivity contribution is 5.80. The van der Waals surface area contributed by atoms with Gasteiger partial charge in [0.1, 0.15) is 0 Å². The SMILES string of the molecule is CC1=C(C)C(C)(C=CC(=O)O)CC1. The Morgan fingerprint density at radius 1 is 1.54 bits per heavy atom. The van der Waals surface area contributed by atoms with E-state index in [2.05, 4.69) is 20.8 Å². The highest BCUT2D eigenvalue weighted by Gasteiger charge is 2.29. The maximum atomic E-state index is 10.4. The van der Waals surface area contributed by atoms with Gasteiger partial charge in [-0.1, -0.05) is 24.1 Å². The Balaban J connectivity index is 2.85. The third-order valence-electron chi connectivity index (χ3n) is 3.11. The lowest BCUT2D eigenvalue weighted by Crippen LogP contribution is -2.10. The largest absolute Gasteiger partial charge is 0.478 e. The van der Waals surface area contributed by atoms with Gasteiger partial charge in [-0.15, -0.1) is 0 Å². The van der Waals surface area contributed by atoms with E-state index < -0.39 is 5.97 Å². The summed E-state index contributed by atoms with van der Waals surface area (Å²) in [6.45, 7) is 6.31. The lowest BCUT2D eigenvalue weighted by atomic mass is 9.83. The van der Waals surface area contributed by atoms with Crippen molar-refractivity contribution in [3.8, 4) is 0 Å². The van der Waals surface area contributed by atoms with Gasteiger partial charge in [-0.3, -0.25) is 0 Å². The van der Waals surface area contributed by atoms with Crippen LogP contribution in [-0.2, 0) is 4.79 Å². The first kappa shape index (κ1) is 10.0. The normalized spacial score (nSPS) is 28.8. The minimum absolute atomic E-state index is 0.0253. The topological polar surface area (TPSA) is 37.3 Å². The van der Waals surface area contributed by atoms with Crippen molar-refractivity contribution in [2.45, 2.75) is 33.6 Å². The summed E-state index contributed by atoms with van der Waals surface area (Å²) in [6.07, 6.45) is 5.18. The fraction of sp³-hybridized carbons (Fsp3) is 0.545. The Labute approximate surface area is 79.0 Å². The summed E-state index contributed by atoms with van der Waals surface area (Å²) < 4.78 is 0. The van der Waals surface area contributed by atoms with E-state index in [4.69, 9.17) is 5.11 Å². The van der Waals surface area contributed by atoms with Crippen LogP contribution < -0.4 is 0 Å². The molecule has 0 saturated heterocycles. The van der Waals surface area contributed by atoms with Crippen molar-refractivity contribution >= 4 is 5.97 Å². The van der Waals surface area contributed by atoms with Crippen LogP contribution >= 0.6 is 0 Å².